The lowest BCUT2D eigenvalue weighted by Crippen LogP contribution is -2.44. The van der Waals surface area contributed by atoms with Crippen LogP contribution >= 0.6 is 0 Å². The molecule has 0 saturated carbocycles. The number of aromatic nitrogens is 2. The van der Waals surface area contributed by atoms with Crippen molar-refractivity contribution in [3.63, 3.8) is 0 Å². The van der Waals surface area contributed by atoms with Gasteiger partial charge < -0.3 is 15.5 Å². The van der Waals surface area contributed by atoms with E-state index < -0.39 is 11.9 Å². The van der Waals surface area contributed by atoms with E-state index in [9.17, 15) is 9.18 Å². The van der Waals surface area contributed by atoms with Crippen LogP contribution in [0.2, 0.25) is 0 Å². The summed E-state index contributed by atoms with van der Waals surface area (Å²) in [4.78, 5) is 22.0. The number of carbonyl (C=O) groups is 1. The second-order valence-corrected chi connectivity index (χ2v) is 5.17. The molecule has 0 bridgehead atoms. The van der Waals surface area contributed by atoms with Crippen LogP contribution < -0.4 is 10.6 Å². The molecule has 7 heteroatoms. The zero-order valence-corrected chi connectivity index (χ0v) is 12.5. The average Bonchev–Trinajstić information content (AvgIpc) is 2.51. The molecule has 2 rings (SSSR count). The van der Waals surface area contributed by atoms with E-state index in [1.54, 1.807) is 6.92 Å². The first kappa shape index (κ1) is 15.5. The normalized spacial score (nSPS) is 16.4. The number of hydrogen-bond acceptors (Lipinski definition) is 5. The van der Waals surface area contributed by atoms with Crippen LogP contribution in [0.3, 0.4) is 0 Å². The van der Waals surface area contributed by atoms with E-state index in [1.807, 2.05) is 11.8 Å². The number of rotatable bonds is 5. The maximum atomic E-state index is 13.7. The smallest absolute Gasteiger partial charge is 0.244 e. The van der Waals surface area contributed by atoms with E-state index >= 15 is 0 Å². The summed E-state index contributed by atoms with van der Waals surface area (Å²) in [5.74, 6) is -0.175. The first-order valence-electron chi connectivity index (χ1n) is 7.43. The predicted octanol–water partition coefficient (Wildman–Crippen LogP) is 1.86. The van der Waals surface area contributed by atoms with Gasteiger partial charge >= 0.3 is 0 Å². The van der Waals surface area contributed by atoms with Gasteiger partial charge in [-0.25, -0.2) is 9.37 Å². The van der Waals surface area contributed by atoms with E-state index in [0.29, 0.717) is 12.5 Å². The summed E-state index contributed by atoms with van der Waals surface area (Å²) in [7, 11) is 0. The number of anilines is 2. The molecule has 1 aliphatic heterocycles. The number of nitrogens with one attached hydrogen (secondary N) is 2. The topological polar surface area (TPSA) is 70.2 Å². The van der Waals surface area contributed by atoms with Crippen LogP contribution in [0.1, 0.15) is 33.1 Å². The van der Waals surface area contributed by atoms with Gasteiger partial charge in [-0.15, -0.1) is 0 Å². The largest absolute Gasteiger partial charge is 0.356 e. The van der Waals surface area contributed by atoms with E-state index in [4.69, 9.17) is 0 Å². The Hall–Kier alpha value is -1.92. The van der Waals surface area contributed by atoms with Gasteiger partial charge in [0.15, 0.2) is 11.6 Å². The van der Waals surface area contributed by atoms with Crippen LogP contribution in [-0.4, -0.2) is 46.5 Å². The Morgan fingerprint density at radius 1 is 1.43 bits per heavy atom. The molecule has 21 heavy (non-hydrogen) atoms. The van der Waals surface area contributed by atoms with Crippen LogP contribution in [0.15, 0.2) is 6.20 Å². The zero-order valence-electron chi connectivity index (χ0n) is 12.5. The highest BCUT2D eigenvalue weighted by molar-refractivity contribution is 5.84. The van der Waals surface area contributed by atoms with Gasteiger partial charge in [-0.2, -0.15) is 4.98 Å². The number of nitrogens with zero attached hydrogens (tertiary/aromatic N) is 3. The molecule has 1 saturated heterocycles. The molecule has 116 valence electrons. The Bertz CT molecular complexity index is 490. The molecule has 1 amide bonds. The van der Waals surface area contributed by atoms with Crippen molar-refractivity contribution >= 4 is 17.7 Å². The molecule has 0 aliphatic carbocycles. The second-order valence-electron chi connectivity index (χ2n) is 5.17. The zero-order chi connectivity index (χ0) is 15.2. The molecular weight excluding hydrogens is 273 g/mol. The average molecular weight is 295 g/mol. The minimum Gasteiger partial charge on any atom is -0.356 e. The first-order chi connectivity index (χ1) is 10.1. The minimum atomic E-state index is -0.560. The van der Waals surface area contributed by atoms with Crippen LogP contribution in [0.25, 0.3) is 0 Å². The van der Waals surface area contributed by atoms with Crippen LogP contribution in [0.4, 0.5) is 16.2 Å². The van der Waals surface area contributed by atoms with Crippen molar-refractivity contribution in [1.29, 1.82) is 0 Å². The molecule has 1 aliphatic rings. The van der Waals surface area contributed by atoms with Gasteiger partial charge in [-0.3, -0.25) is 4.79 Å². The van der Waals surface area contributed by atoms with E-state index in [2.05, 4.69) is 20.6 Å². The van der Waals surface area contributed by atoms with Crippen molar-refractivity contribution in [2.45, 2.75) is 39.2 Å². The third-order valence-electron chi connectivity index (χ3n) is 3.47. The van der Waals surface area contributed by atoms with Gasteiger partial charge in [0.1, 0.15) is 6.04 Å². The molecule has 1 aromatic rings. The lowest BCUT2D eigenvalue weighted by atomic mass is 10.1. The number of carbonyl (C=O) groups excluding carboxylic acids is 1. The predicted molar refractivity (Wildman–Crippen MR) is 79.7 cm³/mol. The fourth-order valence-electron chi connectivity index (χ4n) is 2.37. The Kier molecular flexibility index (Phi) is 5.30. The maximum Gasteiger partial charge on any atom is 0.244 e. The molecule has 1 unspecified atom stereocenters. The molecule has 0 spiro atoms. The van der Waals surface area contributed by atoms with Crippen molar-refractivity contribution in [2.75, 3.05) is 30.3 Å². The van der Waals surface area contributed by atoms with Gasteiger partial charge in [-0.05, 0) is 33.1 Å². The van der Waals surface area contributed by atoms with Crippen molar-refractivity contribution in [3.8, 4) is 0 Å². The number of likely N-dealkylation sites (tertiary alicyclic amines) is 1. The van der Waals surface area contributed by atoms with Crippen molar-refractivity contribution in [2.24, 2.45) is 0 Å². The summed E-state index contributed by atoms with van der Waals surface area (Å²) in [6, 6.07) is -0.512. The van der Waals surface area contributed by atoms with E-state index in [0.717, 1.165) is 38.5 Å². The quantitative estimate of drug-likeness (QED) is 0.867. The second kappa shape index (κ2) is 7.19. The van der Waals surface area contributed by atoms with Crippen LogP contribution in [0.5, 0.6) is 0 Å². The highest BCUT2D eigenvalue weighted by Gasteiger charge is 2.23. The Morgan fingerprint density at radius 3 is 2.81 bits per heavy atom. The molecule has 2 heterocycles. The SMILES string of the molecule is CCNc1ncc(F)c(NC(C)C(=O)N2CCCCC2)n1. The van der Waals surface area contributed by atoms with Crippen LogP contribution in [0, 0.1) is 5.82 Å². The standard InChI is InChI=1S/C14H22FN5O/c1-3-16-14-17-9-11(15)12(19-14)18-10(2)13(21)20-7-5-4-6-8-20/h9-10H,3-8H2,1-2H3,(H2,16,17,18,19). The lowest BCUT2D eigenvalue weighted by Gasteiger charge is -2.29. The number of halogens is 1. The summed E-state index contributed by atoms with van der Waals surface area (Å²) in [5, 5.41) is 5.77. The van der Waals surface area contributed by atoms with Gasteiger partial charge in [0.05, 0.1) is 6.20 Å². The summed E-state index contributed by atoms with van der Waals surface area (Å²) < 4.78 is 13.7. The highest BCUT2D eigenvalue weighted by Crippen LogP contribution is 2.15. The summed E-state index contributed by atoms with van der Waals surface area (Å²) in [6.07, 6.45) is 4.33. The Labute approximate surface area is 124 Å². The van der Waals surface area contributed by atoms with Crippen molar-refractivity contribution in [1.82, 2.24) is 14.9 Å². The molecule has 1 atom stereocenters. The molecular formula is C14H22FN5O. The fourth-order valence-corrected chi connectivity index (χ4v) is 2.37. The number of piperidine rings is 1. The number of amides is 1. The third-order valence-corrected chi connectivity index (χ3v) is 3.47. The highest BCUT2D eigenvalue weighted by atomic mass is 19.1. The van der Waals surface area contributed by atoms with Gasteiger partial charge in [0, 0.05) is 19.6 Å². The minimum absolute atomic E-state index is 0.0160. The van der Waals surface area contributed by atoms with Crippen LogP contribution in [-0.2, 0) is 4.79 Å². The summed E-state index contributed by atoms with van der Waals surface area (Å²) in [6.45, 7) is 5.83. The molecule has 1 aromatic heterocycles. The van der Waals surface area contributed by atoms with Gasteiger partial charge in [-0.1, -0.05) is 0 Å². The molecule has 2 N–H and O–H groups in total. The van der Waals surface area contributed by atoms with E-state index in [1.165, 1.54) is 0 Å². The summed E-state index contributed by atoms with van der Waals surface area (Å²) >= 11 is 0. The van der Waals surface area contributed by atoms with Gasteiger partial charge in [0.25, 0.3) is 0 Å². The maximum absolute atomic E-state index is 13.7. The fraction of sp³-hybridized carbons (Fsp3) is 0.643. The van der Waals surface area contributed by atoms with E-state index in [-0.39, 0.29) is 11.7 Å². The van der Waals surface area contributed by atoms with Crippen molar-refractivity contribution in [3.05, 3.63) is 12.0 Å². The van der Waals surface area contributed by atoms with Gasteiger partial charge in [0.2, 0.25) is 11.9 Å². The Morgan fingerprint density at radius 2 is 2.14 bits per heavy atom. The third kappa shape index (κ3) is 4.03. The van der Waals surface area contributed by atoms with Crippen molar-refractivity contribution < 1.29 is 9.18 Å². The summed E-state index contributed by atoms with van der Waals surface area (Å²) in [5.41, 5.74) is 0. The number of hydrogen-bond donors (Lipinski definition) is 2. The first-order valence-corrected chi connectivity index (χ1v) is 7.43. The molecule has 1 fully saturated rings. The monoisotopic (exact) mass is 295 g/mol. The lowest BCUT2D eigenvalue weighted by molar-refractivity contribution is -0.132. The molecule has 0 radical (unpaired) electrons. The Balaban J connectivity index is 2.02. The molecule has 6 nitrogen and oxygen atoms in total. The molecule has 0 aromatic carbocycles.